The highest BCUT2D eigenvalue weighted by Gasteiger charge is 2.42. The van der Waals surface area contributed by atoms with E-state index in [1.807, 2.05) is 30.5 Å². The summed E-state index contributed by atoms with van der Waals surface area (Å²) in [6.45, 7) is 8.59. The number of benzene rings is 2. The highest BCUT2D eigenvalue weighted by atomic mass is 32.1. The number of rotatable bonds is 5. The molecule has 5 nitrogen and oxygen atoms in total. The van der Waals surface area contributed by atoms with Gasteiger partial charge in [-0.2, -0.15) is 0 Å². The van der Waals surface area contributed by atoms with Crippen molar-refractivity contribution in [3.63, 3.8) is 0 Å². The maximum Gasteiger partial charge on any atom is 0.174 e. The summed E-state index contributed by atoms with van der Waals surface area (Å²) in [6, 6.07) is 23.0. The van der Waals surface area contributed by atoms with Crippen molar-refractivity contribution in [2.75, 3.05) is 12.0 Å². The van der Waals surface area contributed by atoms with Crippen LogP contribution in [0.15, 0.2) is 72.9 Å². The number of hydrogen-bond donors (Lipinski definition) is 1. The van der Waals surface area contributed by atoms with Crippen molar-refractivity contribution in [3.05, 3.63) is 107 Å². The molecule has 1 N–H and O–H groups in total. The first kappa shape index (κ1) is 23.1. The molecule has 178 valence electrons. The van der Waals surface area contributed by atoms with Crippen LogP contribution < -0.4 is 15.0 Å². The molecule has 1 aliphatic rings. The van der Waals surface area contributed by atoms with Gasteiger partial charge in [-0.3, -0.25) is 4.98 Å². The quantitative estimate of drug-likeness (QED) is 0.339. The van der Waals surface area contributed by atoms with Crippen LogP contribution in [0.1, 0.15) is 45.9 Å². The maximum atomic E-state index is 5.93. The molecule has 0 amide bonds. The number of methoxy groups -OCH3 is 1. The van der Waals surface area contributed by atoms with E-state index in [0.29, 0.717) is 5.11 Å². The third-order valence-electron chi connectivity index (χ3n) is 6.70. The molecule has 0 saturated carbocycles. The van der Waals surface area contributed by atoms with Crippen LogP contribution in [-0.2, 0) is 0 Å². The molecule has 2 aromatic carbocycles. The minimum Gasteiger partial charge on any atom is -0.497 e. The van der Waals surface area contributed by atoms with Crippen molar-refractivity contribution in [2.24, 2.45) is 0 Å². The highest BCUT2D eigenvalue weighted by Crippen LogP contribution is 2.44. The summed E-state index contributed by atoms with van der Waals surface area (Å²) in [5, 5.41) is 4.30. The van der Waals surface area contributed by atoms with Crippen molar-refractivity contribution in [1.29, 1.82) is 0 Å². The minimum absolute atomic E-state index is 0.0446. The second-order valence-electron chi connectivity index (χ2n) is 9.20. The number of nitrogens with zero attached hydrogens (tertiary/aromatic N) is 3. The van der Waals surface area contributed by atoms with Gasteiger partial charge in [-0.25, -0.2) is 0 Å². The zero-order valence-electron chi connectivity index (χ0n) is 20.7. The summed E-state index contributed by atoms with van der Waals surface area (Å²) in [6.07, 6.45) is 1.84. The predicted molar refractivity (Wildman–Crippen MR) is 146 cm³/mol. The van der Waals surface area contributed by atoms with Gasteiger partial charge in [0, 0.05) is 29.0 Å². The van der Waals surface area contributed by atoms with Crippen LogP contribution in [-0.4, -0.2) is 21.8 Å². The van der Waals surface area contributed by atoms with Gasteiger partial charge in [0.25, 0.3) is 0 Å². The zero-order chi connectivity index (χ0) is 24.7. The Labute approximate surface area is 212 Å². The molecule has 2 aromatic heterocycles. The molecule has 5 rings (SSSR count). The molecule has 2 atom stereocenters. The summed E-state index contributed by atoms with van der Waals surface area (Å²) in [4.78, 5) is 6.96. The molecule has 0 unspecified atom stereocenters. The fraction of sp³-hybridized carbons (Fsp3) is 0.241. The average Bonchev–Trinajstić information content (AvgIpc) is 3.34. The Morgan fingerprint density at radius 1 is 0.886 bits per heavy atom. The first-order chi connectivity index (χ1) is 16.9. The van der Waals surface area contributed by atoms with Crippen molar-refractivity contribution >= 4 is 23.0 Å². The Morgan fingerprint density at radius 3 is 2.23 bits per heavy atom. The van der Waals surface area contributed by atoms with Crippen LogP contribution >= 0.6 is 12.2 Å². The van der Waals surface area contributed by atoms with Gasteiger partial charge < -0.3 is 19.5 Å². The molecular formula is C29H30N4OS. The Kier molecular flexibility index (Phi) is 6.07. The normalized spacial score (nSPS) is 17.5. The predicted octanol–water partition coefficient (Wildman–Crippen LogP) is 6.29. The van der Waals surface area contributed by atoms with Gasteiger partial charge in [0.15, 0.2) is 5.11 Å². The van der Waals surface area contributed by atoms with Crippen LogP contribution in [0.4, 0.5) is 5.69 Å². The molecule has 1 fully saturated rings. The number of aromatic nitrogens is 2. The van der Waals surface area contributed by atoms with Gasteiger partial charge in [-0.15, -0.1) is 0 Å². The second kappa shape index (κ2) is 9.19. The molecule has 0 aliphatic carbocycles. The molecule has 35 heavy (non-hydrogen) atoms. The molecule has 0 bridgehead atoms. The van der Waals surface area contributed by atoms with E-state index < -0.39 is 0 Å². The second-order valence-corrected chi connectivity index (χ2v) is 9.59. The van der Waals surface area contributed by atoms with Crippen molar-refractivity contribution in [2.45, 2.75) is 39.8 Å². The van der Waals surface area contributed by atoms with E-state index in [1.165, 1.54) is 28.1 Å². The fourth-order valence-corrected chi connectivity index (χ4v) is 5.60. The fourth-order valence-electron chi connectivity index (χ4n) is 5.25. The SMILES string of the molecule is COc1ccc(-n2c(C)cc([C@H]3[C@@H](c4ccccn4)NC(=S)N3c3cc(C)cc(C)c3)c2C)cc1. The first-order valence-electron chi connectivity index (χ1n) is 11.8. The Hall–Kier alpha value is -3.64. The van der Waals surface area contributed by atoms with Crippen LogP contribution in [0, 0.1) is 27.7 Å². The molecule has 3 heterocycles. The lowest BCUT2D eigenvalue weighted by molar-refractivity contribution is 0.414. The molecule has 1 aliphatic heterocycles. The number of hydrogen-bond acceptors (Lipinski definition) is 3. The van der Waals surface area contributed by atoms with Crippen LogP contribution in [0.2, 0.25) is 0 Å². The van der Waals surface area contributed by atoms with E-state index in [-0.39, 0.29) is 12.1 Å². The monoisotopic (exact) mass is 482 g/mol. The lowest BCUT2D eigenvalue weighted by Crippen LogP contribution is -2.29. The van der Waals surface area contributed by atoms with Gasteiger partial charge >= 0.3 is 0 Å². The molecule has 0 radical (unpaired) electrons. The van der Waals surface area contributed by atoms with Gasteiger partial charge in [0.2, 0.25) is 0 Å². The Balaban J connectivity index is 1.67. The number of pyridine rings is 1. The van der Waals surface area contributed by atoms with E-state index in [1.54, 1.807) is 7.11 Å². The first-order valence-corrected chi connectivity index (χ1v) is 12.2. The van der Waals surface area contributed by atoms with E-state index in [9.17, 15) is 0 Å². The number of nitrogens with one attached hydrogen (secondary N) is 1. The number of anilines is 1. The molecule has 4 aromatic rings. The zero-order valence-corrected chi connectivity index (χ0v) is 21.6. The van der Waals surface area contributed by atoms with E-state index >= 15 is 0 Å². The summed E-state index contributed by atoms with van der Waals surface area (Å²) < 4.78 is 7.66. The third kappa shape index (κ3) is 4.19. The lowest BCUT2D eigenvalue weighted by Gasteiger charge is -2.29. The van der Waals surface area contributed by atoms with Gasteiger partial charge in [-0.1, -0.05) is 12.1 Å². The van der Waals surface area contributed by atoms with Crippen LogP contribution in [0.25, 0.3) is 5.69 Å². The highest BCUT2D eigenvalue weighted by molar-refractivity contribution is 7.80. The Bertz CT molecular complexity index is 1360. The van der Waals surface area contributed by atoms with E-state index in [2.05, 4.69) is 84.9 Å². The summed E-state index contributed by atoms with van der Waals surface area (Å²) >= 11 is 5.93. The summed E-state index contributed by atoms with van der Waals surface area (Å²) in [5.74, 6) is 0.845. The maximum absolute atomic E-state index is 5.93. The van der Waals surface area contributed by atoms with Gasteiger partial charge in [0.05, 0.1) is 24.9 Å². The minimum atomic E-state index is -0.0747. The molecule has 6 heteroatoms. The largest absolute Gasteiger partial charge is 0.497 e. The summed E-state index contributed by atoms with van der Waals surface area (Å²) in [7, 11) is 1.69. The average molecular weight is 483 g/mol. The smallest absolute Gasteiger partial charge is 0.174 e. The van der Waals surface area contributed by atoms with Gasteiger partial charge in [-0.05, 0) is 111 Å². The standard InChI is InChI=1S/C29H30N4OS/c1-18-14-19(2)16-23(15-18)33-28(27(31-29(33)35)26-8-6-7-13-30-26)25-17-20(3)32(21(25)4)22-9-11-24(34-5)12-10-22/h6-17,27-28H,1-5H3,(H,31,35)/t27-,28+/m1/s1. The number of thiocarbonyl (C=S) groups is 1. The number of aryl methyl sites for hydroxylation is 3. The van der Waals surface area contributed by atoms with Crippen LogP contribution in [0.3, 0.4) is 0 Å². The van der Waals surface area contributed by atoms with Crippen molar-refractivity contribution in [1.82, 2.24) is 14.9 Å². The molecular weight excluding hydrogens is 452 g/mol. The molecule has 1 saturated heterocycles. The summed E-state index contributed by atoms with van der Waals surface area (Å²) in [5.41, 5.74) is 9.17. The van der Waals surface area contributed by atoms with Crippen molar-refractivity contribution < 1.29 is 4.74 Å². The van der Waals surface area contributed by atoms with Gasteiger partial charge in [0.1, 0.15) is 5.75 Å². The number of ether oxygens (including phenoxy) is 1. The van der Waals surface area contributed by atoms with E-state index in [0.717, 1.165) is 22.8 Å². The lowest BCUT2D eigenvalue weighted by atomic mass is 9.96. The van der Waals surface area contributed by atoms with Crippen molar-refractivity contribution in [3.8, 4) is 11.4 Å². The third-order valence-corrected chi connectivity index (χ3v) is 7.02. The van der Waals surface area contributed by atoms with E-state index in [4.69, 9.17) is 21.9 Å². The molecule has 0 spiro atoms. The Morgan fingerprint density at radius 2 is 1.60 bits per heavy atom. The topological polar surface area (TPSA) is 42.3 Å². The van der Waals surface area contributed by atoms with Crippen LogP contribution in [0.5, 0.6) is 5.75 Å².